The van der Waals surface area contributed by atoms with Crippen molar-refractivity contribution in [2.45, 2.75) is 33.6 Å². The van der Waals surface area contributed by atoms with E-state index in [1.54, 1.807) is 12.1 Å². The fourth-order valence-corrected chi connectivity index (χ4v) is 2.48. The van der Waals surface area contributed by atoms with E-state index in [9.17, 15) is 4.79 Å². The first-order valence-corrected chi connectivity index (χ1v) is 8.83. The van der Waals surface area contributed by atoms with Crippen LogP contribution in [-0.2, 0) is 4.74 Å². The third-order valence-corrected chi connectivity index (χ3v) is 4.17. The van der Waals surface area contributed by atoms with Crippen LogP contribution in [0.25, 0.3) is 0 Å². The Morgan fingerprint density at radius 1 is 1.08 bits per heavy atom. The van der Waals surface area contributed by atoms with Gasteiger partial charge in [0, 0.05) is 11.4 Å². The summed E-state index contributed by atoms with van der Waals surface area (Å²) in [5.41, 5.74) is 4.70. The Bertz CT molecular complexity index is 742. The van der Waals surface area contributed by atoms with Crippen molar-refractivity contribution < 1.29 is 9.53 Å². The number of hydrogen-bond donors (Lipinski definition) is 2. The second-order valence-corrected chi connectivity index (χ2v) is 6.30. The summed E-state index contributed by atoms with van der Waals surface area (Å²) in [6.45, 7) is 6.64. The fraction of sp³-hybridized carbons (Fsp3) is 0.300. The Kier molecular flexibility index (Phi) is 6.95. The van der Waals surface area contributed by atoms with Crippen LogP contribution in [0.5, 0.6) is 0 Å². The van der Waals surface area contributed by atoms with Gasteiger partial charge in [-0.2, -0.15) is 0 Å². The molecule has 5 heteroatoms. The number of esters is 1. The molecular formula is C20H24N2O2S. The summed E-state index contributed by atoms with van der Waals surface area (Å²) >= 11 is 5.36. The molecule has 25 heavy (non-hydrogen) atoms. The van der Waals surface area contributed by atoms with Gasteiger partial charge in [0.15, 0.2) is 5.11 Å². The Hall–Kier alpha value is -2.40. The molecule has 2 N–H and O–H groups in total. The van der Waals surface area contributed by atoms with E-state index in [4.69, 9.17) is 17.0 Å². The lowest BCUT2D eigenvalue weighted by molar-refractivity contribution is 0.0500. The van der Waals surface area contributed by atoms with Crippen molar-refractivity contribution in [3.05, 3.63) is 59.2 Å². The number of rotatable bonds is 6. The van der Waals surface area contributed by atoms with E-state index in [1.165, 1.54) is 5.56 Å². The zero-order valence-corrected chi connectivity index (χ0v) is 15.7. The first-order chi connectivity index (χ1) is 12.0. The van der Waals surface area contributed by atoms with E-state index in [0.29, 0.717) is 17.3 Å². The number of benzene rings is 2. The van der Waals surface area contributed by atoms with Crippen molar-refractivity contribution in [2.75, 3.05) is 17.2 Å². The molecule has 0 fully saturated rings. The molecule has 0 spiro atoms. The molecular weight excluding hydrogens is 332 g/mol. The number of ether oxygens (including phenoxy) is 1. The van der Waals surface area contributed by atoms with Crippen molar-refractivity contribution in [3.8, 4) is 0 Å². The van der Waals surface area contributed by atoms with E-state index in [0.717, 1.165) is 29.8 Å². The standard InChI is InChI=1S/C20H24N2O2S/c1-4-5-13-24-19(23)16-9-11-17(12-10-16)21-20(25)22-18-8-6-7-14(2)15(18)3/h6-12H,4-5,13H2,1-3H3,(H2,21,22,25). The number of anilines is 2. The zero-order chi connectivity index (χ0) is 18.2. The van der Waals surface area contributed by atoms with Gasteiger partial charge < -0.3 is 15.4 Å². The molecule has 2 aromatic carbocycles. The molecule has 0 aromatic heterocycles. The molecule has 0 saturated heterocycles. The summed E-state index contributed by atoms with van der Waals surface area (Å²) < 4.78 is 5.20. The van der Waals surface area contributed by atoms with Gasteiger partial charge in [-0.15, -0.1) is 0 Å². The summed E-state index contributed by atoms with van der Waals surface area (Å²) in [4.78, 5) is 11.9. The highest BCUT2D eigenvalue weighted by Gasteiger charge is 2.07. The molecule has 4 nitrogen and oxygen atoms in total. The van der Waals surface area contributed by atoms with E-state index in [-0.39, 0.29) is 5.97 Å². The molecule has 0 radical (unpaired) electrons. The smallest absolute Gasteiger partial charge is 0.338 e. The van der Waals surface area contributed by atoms with Crippen LogP contribution in [0.1, 0.15) is 41.3 Å². The van der Waals surface area contributed by atoms with Gasteiger partial charge in [-0.1, -0.05) is 25.5 Å². The lowest BCUT2D eigenvalue weighted by Gasteiger charge is -2.14. The van der Waals surface area contributed by atoms with Gasteiger partial charge in [-0.25, -0.2) is 4.79 Å². The number of unbranched alkanes of at least 4 members (excludes halogenated alkanes) is 1. The van der Waals surface area contributed by atoms with E-state index in [1.807, 2.05) is 24.3 Å². The predicted octanol–water partition coefficient (Wildman–Crippen LogP) is 5.07. The summed E-state index contributed by atoms with van der Waals surface area (Å²) in [6.07, 6.45) is 1.88. The molecule has 2 aromatic rings. The minimum Gasteiger partial charge on any atom is -0.462 e. The molecule has 132 valence electrons. The van der Waals surface area contributed by atoms with Crippen LogP contribution in [0.4, 0.5) is 11.4 Å². The molecule has 2 rings (SSSR count). The SMILES string of the molecule is CCCCOC(=O)c1ccc(NC(=S)Nc2cccc(C)c2C)cc1. The number of carbonyl (C=O) groups excluding carboxylic acids is 1. The van der Waals surface area contributed by atoms with Crippen LogP contribution in [0, 0.1) is 13.8 Å². The Morgan fingerprint density at radius 2 is 1.80 bits per heavy atom. The summed E-state index contributed by atoms with van der Waals surface area (Å²) in [7, 11) is 0. The van der Waals surface area contributed by atoms with Crippen molar-refractivity contribution in [1.29, 1.82) is 0 Å². The van der Waals surface area contributed by atoms with Crippen LogP contribution in [0.15, 0.2) is 42.5 Å². The Balaban J connectivity index is 1.93. The fourth-order valence-electron chi connectivity index (χ4n) is 2.25. The maximum atomic E-state index is 11.9. The highest BCUT2D eigenvalue weighted by molar-refractivity contribution is 7.80. The molecule has 0 aliphatic rings. The van der Waals surface area contributed by atoms with Crippen LogP contribution >= 0.6 is 12.2 Å². The number of thiocarbonyl (C=S) groups is 1. The van der Waals surface area contributed by atoms with Crippen molar-refractivity contribution in [2.24, 2.45) is 0 Å². The van der Waals surface area contributed by atoms with Gasteiger partial charge in [-0.05, 0) is 73.9 Å². The number of nitrogens with one attached hydrogen (secondary N) is 2. The minimum absolute atomic E-state index is 0.295. The van der Waals surface area contributed by atoms with Gasteiger partial charge >= 0.3 is 5.97 Å². The Labute approximate surface area is 154 Å². The van der Waals surface area contributed by atoms with Crippen LogP contribution in [0.2, 0.25) is 0 Å². The summed E-state index contributed by atoms with van der Waals surface area (Å²) in [6, 6.07) is 13.1. The van der Waals surface area contributed by atoms with Gasteiger partial charge in [0.05, 0.1) is 12.2 Å². The van der Waals surface area contributed by atoms with Gasteiger partial charge in [0.2, 0.25) is 0 Å². The average Bonchev–Trinajstić information content (AvgIpc) is 2.59. The number of aryl methyl sites for hydroxylation is 1. The predicted molar refractivity (Wildman–Crippen MR) is 107 cm³/mol. The van der Waals surface area contributed by atoms with Crippen LogP contribution in [0.3, 0.4) is 0 Å². The first kappa shape index (κ1) is 18.9. The topological polar surface area (TPSA) is 50.4 Å². The third-order valence-electron chi connectivity index (χ3n) is 3.96. The highest BCUT2D eigenvalue weighted by Crippen LogP contribution is 2.18. The Morgan fingerprint density at radius 3 is 2.48 bits per heavy atom. The average molecular weight is 356 g/mol. The normalized spacial score (nSPS) is 10.2. The summed E-state index contributed by atoms with van der Waals surface area (Å²) in [5.74, 6) is -0.295. The maximum absolute atomic E-state index is 11.9. The second kappa shape index (κ2) is 9.18. The van der Waals surface area contributed by atoms with E-state index < -0.39 is 0 Å². The highest BCUT2D eigenvalue weighted by atomic mass is 32.1. The molecule has 0 bridgehead atoms. The molecule has 0 heterocycles. The van der Waals surface area contributed by atoms with Crippen molar-refractivity contribution >= 4 is 34.7 Å². The number of hydrogen-bond acceptors (Lipinski definition) is 3. The quantitative estimate of drug-likeness (QED) is 0.430. The number of carbonyl (C=O) groups is 1. The maximum Gasteiger partial charge on any atom is 0.338 e. The molecule has 0 aliphatic heterocycles. The lowest BCUT2D eigenvalue weighted by Crippen LogP contribution is -2.19. The van der Waals surface area contributed by atoms with Crippen molar-refractivity contribution in [1.82, 2.24) is 0 Å². The van der Waals surface area contributed by atoms with Crippen LogP contribution in [-0.4, -0.2) is 17.7 Å². The third kappa shape index (κ3) is 5.57. The second-order valence-electron chi connectivity index (χ2n) is 5.89. The molecule has 0 aliphatic carbocycles. The van der Waals surface area contributed by atoms with Crippen LogP contribution < -0.4 is 10.6 Å². The largest absolute Gasteiger partial charge is 0.462 e. The minimum atomic E-state index is -0.295. The molecule has 0 saturated carbocycles. The molecule has 0 amide bonds. The van der Waals surface area contributed by atoms with Gasteiger partial charge in [-0.3, -0.25) is 0 Å². The van der Waals surface area contributed by atoms with E-state index >= 15 is 0 Å². The van der Waals surface area contributed by atoms with Gasteiger partial charge in [0.1, 0.15) is 0 Å². The van der Waals surface area contributed by atoms with Crippen molar-refractivity contribution in [3.63, 3.8) is 0 Å². The molecule has 0 unspecified atom stereocenters. The lowest BCUT2D eigenvalue weighted by atomic mass is 10.1. The zero-order valence-electron chi connectivity index (χ0n) is 14.9. The monoisotopic (exact) mass is 356 g/mol. The summed E-state index contributed by atoms with van der Waals surface area (Å²) in [5, 5.41) is 6.83. The van der Waals surface area contributed by atoms with E-state index in [2.05, 4.69) is 37.5 Å². The first-order valence-electron chi connectivity index (χ1n) is 8.42. The van der Waals surface area contributed by atoms with Gasteiger partial charge in [0.25, 0.3) is 0 Å². The molecule has 0 atom stereocenters.